The zero-order valence-electron chi connectivity index (χ0n) is 26.7. The van der Waals surface area contributed by atoms with Crippen LogP contribution in [0.1, 0.15) is 80.0 Å². The summed E-state index contributed by atoms with van der Waals surface area (Å²) in [7, 11) is -3.67. The third-order valence-electron chi connectivity index (χ3n) is 9.83. The molecule has 0 unspecified atom stereocenters. The van der Waals surface area contributed by atoms with Crippen LogP contribution in [0.2, 0.25) is 0 Å². The summed E-state index contributed by atoms with van der Waals surface area (Å²) >= 11 is 1.49. The predicted octanol–water partition coefficient (Wildman–Crippen LogP) is 6.49. The van der Waals surface area contributed by atoms with Crippen molar-refractivity contribution in [2.45, 2.75) is 76.2 Å². The minimum Gasteiger partial charge on any atom is -0.421 e. The minimum absolute atomic E-state index is 0.0261. The standard InChI is InChI=1S/C34H37N7O4S2/c1-18(2)22-16-47(42,43)32-29(28(34-41-40-19(3)45-34)25(38-30(22)32)7-6-20-10-13-44-14-11-20)27-15-26-31(46-27)33(37-17-36-26)39-24-9-8-23-21(24)5-4-12-35-23/h4-5,12,15,17-18,20,22,24H,6-11,13-14,16H2,1-3H3,(H,36,37,39)/t22-,24+/m1/s1. The van der Waals surface area contributed by atoms with Gasteiger partial charge in [-0.05, 0) is 68.1 Å². The summed E-state index contributed by atoms with van der Waals surface area (Å²) in [5.41, 5.74) is 5.67. The molecule has 8 rings (SSSR count). The van der Waals surface area contributed by atoms with Crippen molar-refractivity contribution in [3.8, 4) is 21.9 Å². The van der Waals surface area contributed by atoms with Crippen molar-refractivity contribution >= 4 is 37.2 Å². The van der Waals surface area contributed by atoms with Crippen LogP contribution in [0.4, 0.5) is 5.82 Å². The fourth-order valence-corrected chi connectivity index (χ4v) is 10.7. The lowest BCUT2D eigenvalue weighted by molar-refractivity contribution is 0.0639. The Morgan fingerprint density at radius 2 is 1.94 bits per heavy atom. The number of fused-ring (bicyclic) bond motifs is 3. The molecule has 7 heterocycles. The van der Waals surface area contributed by atoms with Gasteiger partial charge >= 0.3 is 0 Å². The van der Waals surface area contributed by atoms with Crippen LogP contribution >= 0.6 is 11.3 Å². The Hall–Kier alpha value is -3.81. The first-order chi connectivity index (χ1) is 22.8. The molecule has 1 aliphatic carbocycles. The zero-order valence-corrected chi connectivity index (χ0v) is 28.3. The summed E-state index contributed by atoms with van der Waals surface area (Å²) in [5.74, 6) is 1.83. The third-order valence-corrected chi connectivity index (χ3v) is 12.8. The van der Waals surface area contributed by atoms with Gasteiger partial charge in [0.05, 0.1) is 43.9 Å². The number of ether oxygens (including phenoxy) is 1. The lowest BCUT2D eigenvalue weighted by Gasteiger charge is -2.23. The fraction of sp³-hybridized carbons (Fsp3) is 0.471. The summed E-state index contributed by atoms with van der Waals surface area (Å²) in [4.78, 5) is 20.1. The van der Waals surface area contributed by atoms with Gasteiger partial charge in [-0.3, -0.25) is 9.97 Å². The Labute approximate surface area is 277 Å². The average Bonchev–Trinajstić information content (AvgIpc) is 3.85. The molecule has 0 saturated carbocycles. The lowest BCUT2D eigenvalue weighted by Crippen LogP contribution is -2.17. The molecule has 0 amide bonds. The molecule has 2 atom stereocenters. The van der Waals surface area contributed by atoms with Crippen molar-refractivity contribution in [1.82, 2.24) is 30.1 Å². The van der Waals surface area contributed by atoms with Crippen LogP contribution in [0.3, 0.4) is 0 Å². The topological polar surface area (TPSA) is 146 Å². The molecule has 244 valence electrons. The number of sulfone groups is 1. The number of hydrogen-bond donors (Lipinski definition) is 1. The summed E-state index contributed by atoms with van der Waals surface area (Å²) in [6, 6.07) is 6.13. The van der Waals surface area contributed by atoms with E-state index in [0.717, 1.165) is 77.6 Å². The molecule has 11 nitrogen and oxygen atoms in total. The molecule has 0 spiro atoms. The predicted molar refractivity (Wildman–Crippen MR) is 179 cm³/mol. The van der Waals surface area contributed by atoms with E-state index in [1.807, 2.05) is 18.3 Å². The molecule has 5 aromatic heterocycles. The van der Waals surface area contributed by atoms with Crippen molar-refractivity contribution in [3.63, 3.8) is 0 Å². The highest BCUT2D eigenvalue weighted by molar-refractivity contribution is 7.92. The van der Waals surface area contributed by atoms with Crippen molar-refractivity contribution in [2.24, 2.45) is 11.8 Å². The van der Waals surface area contributed by atoms with Crippen LogP contribution in [-0.4, -0.2) is 57.5 Å². The van der Waals surface area contributed by atoms with E-state index in [1.165, 1.54) is 16.9 Å². The molecule has 2 aliphatic heterocycles. The summed E-state index contributed by atoms with van der Waals surface area (Å²) in [5, 5.41) is 12.2. The van der Waals surface area contributed by atoms with Gasteiger partial charge in [-0.2, -0.15) is 0 Å². The molecule has 0 radical (unpaired) electrons. The number of rotatable bonds is 8. The first-order valence-electron chi connectivity index (χ1n) is 16.4. The van der Waals surface area contributed by atoms with E-state index in [0.29, 0.717) is 35.1 Å². The number of thiophene rings is 1. The molecule has 1 fully saturated rings. The van der Waals surface area contributed by atoms with Gasteiger partial charge in [0.1, 0.15) is 12.1 Å². The largest absolute Gasteiger partial charge is 0.421 e. The van der Waals surface area contributed by atoms with Crippen molar-refractivity contribution in [2.75, 3.05) is 24.3 Å². The highest BCUT2D eigenvalue weighted by Gasteiger charge is 2.43. The van der Waals surface area contributed by atoms with E-state index in [9.17, 15) is 8.42 Å². The summed E-state index contributed by atoms with van der Waals surface area (Å²) in [6.07, 6.45) is 8.80. The zero-order chi connectivity index (χ0) is 32.3. The smallest absolute Gasteiger partial charge is 0.250 e. The van der Waals surface area contributed by atoms with E-state index in [2.05, 4.69) is 50.4 Å². The van der Waals surface area contributed by atoms with Gasteiger partial charge < -0.3 is 14.5 Å². The van der Waals surface area contributed by atoms with Crippen LogP contribution in [0.25, 0.3) is 32.1 Å². The number of hydrogen-bond acceptors (Lipinski definition) is 12. The van der Waals surface area contributed by atoms with E-state index in [1.54, 1.807) is 13.3 Å². The quantitative estimate of drug-likeness (QED) is 0.193. The molecular formula is C34H37N7O4S2. The van der Waals surface area contributed by atoms with E-state index in [4.69, 9.17) is 14.1 Å². The maximum Gasteiger partial charge on any atom is 0.250 e. The first-order valence-corrected chi connectivity index (χ1v) is 18.9. The van der Waals surface area contributed by atoms with Crippen molar-refractivity contribution in [1.29, 1.82) is 0 Å². The van der Waals surface area contributed by atoms with Crippen LogP contribution in [0.15, 0.2) is 40.0 Å². The van der Waals surface area contributed by atoms with Gasteiger partial charge in [-0.1, -0.05) is 19.9 Å². The minimum atomic E-state index is -3.67. The molecule has 1 saturated heterocycles. The third kappa shape index (κ3) is 5.51. The molecular weight excluding hydrogens is 635 g/mol. The Morgan fingerprint density at radius 3 is 2.72 bits per heavy atom. The SMILES string of the molecule is Cc1nnc(-c2c(CCC3CCOCC3)nc3c(c2-c2cc4ncnc(N[C@H]5CCc6ncccc65)c4s2)S(=O)(=O)C[C@@H]3C(C)C)o1. The van der Waals surface area contributed by atoms with E-state index < -0.39 is 9.84 Å². The highest BCUT2D eigenvalue weighted by Crippen LogP contribution is 2.51. The van der Waals surface area contributed by atoms with Crippen molar-refractivity contribution in [3.05, 3.63) is 59.3 Å². The molecule has 0 aromatic carbocycles. The molecule has 3 aliphatic rings. The van der Waals surface area contributed by atoms with Gasteiger partial charge in [-0.15, -0.1) is 21.5 Å². The number of pyridine rings is 2. The second-order valence-electron chi connectivity index (χ2n) is 13.2. The Morgan fingerprint density at radius 1 is 1.09 bits per heavy atom. The van der Waals surface area contributed by atoms with Crippen LogP contribution in [-0.2, 0) is 27.4 Å². The number of aromatic nitrogens is 6. The molecule has 47 heavy (non-hydrogen) atoms. The van der Waals surface area contributed by atoms with Gasteiger partial charge in [0.2, 0.25) is 11.8 Å². The van der Waals surface area contributed by atoms with E-state index >= 15 is 0 Å². The molecule has 0 bridgehead atoms. The van der Waals surface area contributed by atoms with Crippen molar-refractivity contribution < 1.29 is 17.6 Å². The maximum atomic E-state index is 14.1. The summed E-state index contributed by atoms with van der Waals surface area (Å²) < 4.78 is 40.8. The second kappa shape index (κ2) is 12.0. The van der Waals surface area contributed by atoms with Crippen LogP contribution in [0.5, 0.6) is 0 Å². The number of aryl methyl sites for hydroxylation is 3. The number of nitrogens with one attached hydrogen (secondary N) is 1. The monoisotopic (exact) mass is 671 g/mol. The molecule has 1 N–H and O–H groups in total. The van der Waals surface area contributed by atoms with Gasteiger partial charge in [0.25, 0.3) is 0 Å². The maximum absolute atomic E-state index is 14.1. The van der Waals surface area contributed by atoms with Crippen LogP contribution in [0, 0.1) is 18.8 Å². The first kappa shape index (κ1) is 30.5. The Kier molecular flexibility index (Phi) is 7.80. The molecule has 5 aromatic rings. The number of nitrogens with zero attached hydrogens (tertiary/aromatic N) is 6. The van der Waals surface area contributed by atoms with Gasteiger partial charge in [0, 0.05) is 48.4 Å². The van der Waals surface area contributed by atoms with Gasteiger partial charge in [-0.25, -0.2) is 18.4 Å². The average molecular weight is 672 g/mol. The van der Waals surface area contributed by atoms with E-state index in [-0.39, 0.29) is 34.4 Å². The normalized spacial score (nSPS) is 20.6. The molecule has 13 heteroatoms. The van der Waals surface area contributed by atoms with Gasteiger partial charge in [0.15, 0.2) is 9.84 Å². The van der Waals surface area contributed by atoms with Crippen LogP contribution < -0.4 is 5.32 Å². The summed E-state index contributed by atoms with van der Waals surface area (Å²) in [6.45, 7) is 7.40. The Bertz CT molecular complexity index is 2090. The second-order valence-corrected chi connectivity index (χ2v) is 16.2. The lowest BCUT2D eigenvalue weighted by atomic mass is 9.89. The number of anilines is 1. The fourth-order valence-electron chi connectivity index (χ4n) is 7.34. The Balaban J connectivity index is 1.31. The highest BCUT2D eigenvalue weighted by atomic mass is 32.2.